The van der Waals surface area contributed by atoms with Crippen LogP contribution in [0.3, 0.4) is 0 Å². The summed E-state index contributed by atoms with van der Waals surface area (Å²) in [4.78, 5) is 16.0. The van der Waals surface area contributed by atoms with Gasteiger partial charge in [0.05, 0.1) is 13.1 Å². The molecular weight excluding hydrogens is 645 g/mol. The standard InChI is InChI=1S/C34H58N2O2.C8H8O3S/c1-30(2)21-17-14-12-10-8-6-5-7-9-11-13-15-20-24-33-35(27-28-38-34(37)31(3)4)25-26-36(33)29-32-22-18-16-19-23-32;9-12(10,11)7-6-8-4-2-1-3-5-8/h16,18-19,22-23,30,33H,3,5-15,17,20-21,24-29H2,1-2,4H3;1-7H,(H,9,10,11). The van der Waals surface area contributed by atoms with Crippen molar-refractivity contribution in [2.24, 2.45) is 5.92 Å². The third kappa shape index (κ3) is 21.4. The highest BCUT2D eigenvalue weighted by Crippen LogP contribution is 2.17. The Hall–Kier alpha value is -2.78. The molecular formula is C42H66N2O5S. The van der Waals surface area contributed by atoms with Crippen LogP contribution >= 0.6 is 0 Å². The van der Waals surface area contributed by atoms with Crippen LogP contribution in [-0.2, 0) is 26.2 Å². The lowest BCUT2D eigenvalue weighted by atomic mass is 10.0. The molecule has 2 atom stereocenters. The second-order valence-electron chi connectivity index (χ2n) is 14.3. The molecule has 0 bridgehead atoms. The van der Waals surface area contributed by atoms with E-state index in [2.05, 4.69) is 55.7 Å². The highest BCUT2D eigenvalue weighted by atomic mass is 32.2. The number of ether oxygens (including phenoxy) is 1. The van der Waals surface area contributed by atoms with Crippen LogP contribution in [-0.4, -0.2) is 56.2 Å². The number of quaternary nitrogens is 1. The number of esters is 1. The van der Waals surface area contributed by atoms with Crippen molar-refractivity contribution in [3.63, 3.8) is 0 Å². The fourth-order valence-corrected chi connectivity index (χ4v) is 6.84. The van der Waals surface area contributed by atoms with Gasteiger partial charge in [0, 0.05) is 23.9 Å². The van der Waals surface area contributed by atoms with Gasteiger partial charge in [0.2, 0.25) is 0 Å². The van der Waals surface area contributed by atoms with Gasteiger partial charge in [-0.15, -0.1) is 0 Å². The van der Waals surface area contributed by atoms with Crippen LogP contribution in [0.1, 0.15) is 128 Å². The maximum Gasteiger partial charge on any atom is 0.333 e. The van der Waals surface area contributed by atoms with E-state index < -0.39 is 10.1 Å². The summed E-state index contributed by atoms with van der Waals surface area (Å²) in [5.74, 6) is 0.603. The summed E-state index contributed by atoms with van der Waals surface area (Å²) < 4.78 is 35.9. The summed E-state index contributed by atoms with van der Waals surface area (Å²) in [7, 11) is -4.25. The Balaban J connectivity index is 0.000000606. The fourth-order valence-electron chi connectivity index (χ4n) is 6.51. The Labute approximate surface area is 304 Å². The lowest BCUT2D eigenvalue weighted by Crippen LogP contribution is -3.15. The summed E-state index contributed by atoms with van der Waals surface area (Å²) in [6.45, 7) is 14.7. The topological polar surface area (TPSA) is 91.2 Å². The molecule has 1 fully saturated rings. The first kappa shape index (κ1) is 43.4. The summed E-state index contributed by atoms with van der Waals surface area (Å²) in [6, 6.07) is 19.6. The minimum atomic E-state index is -4.25. The van der Waals surface area contributed by atoms with E-state index in [4.69, 9.17) is 4.74 Å². The molecule has 0 amide bonds. The van der Waals surface area contributed by atoms with Crippen LogP contribution in [0.2, 0.25) is 0 Å². The lowest BCUT2D eigenvalue weighted by Gasteiger charge is -2.27. The number of benzene rings is 2. The number of hydrogen-bond acceptors (Lipinski definition) is 6. The molecule has 1 aliphatic heterocycles. The third-order valence-electron chi connectivity index (χ3n) is 9.35. The first-order valence-corrected chi connectivity index (χ1v) is 20.7. The maximum atomic E-state index is 11.8. The normalized spacial score (nSPS) is 16.4. The fraction of sp³-hybridized carbons (Fsp3) is 0.595. The van der Waals surface area contributed by atoms with Gasteiger partial charge in [0.15, 0.2) is 0 Å². The molecule has 1 saturated heterocycles. The van der Waals surface area contributed by atoms with Crippen molar-refractivity contribution >= 4 is 22.2 Å². The van der Waals surface area contributed by atoms with Crippen molar-refractivity contribution in [2.75, 3.05) is 26.2 Å². The predicted octanol–water partition coefficient (Wildman–Crippen LogP) is 8.54. The second kappa shape index (κ2) is 26.1. The molecule has 7 nitrogen and oxygen atoms in total. The molecule has 0 aromatic heterocycles. The van der Waals surface area contributed by atoms with Gasteiger partial charge >= 0.3 is 5.97 Å². The zero-order valence-electron chi connectivity index (χ0n) is 31.3. The van der Waals surface area contributed by atoms with E-state index in [1.807, 2.05) is 6.07 Å². The average molecular weight is 711 g/mol. The smallest absolute Gasteiger partial charge is 0.333 e. The van der Waals surface area contributed by atoms with E-state index in [1.165, 1.54) is 108 Å². The van der Waals surface area contributed by atoms with Crippen LogP contribution < -0.4 is 4.90 Å². The predicted molar refractivity (Wildman–Crippen MR) is 206 cm³/mol. The molecule has 2 aromatic rings. The number of hydrogen-bond donors (Lipinski definition) is 1. The number of carbonyl (C=O) groups is 1. The van der Waals surface area contributed by atoms with Crippen molar-refractivity contribution < 1.29 is 27.4 Å². The van der Waals surface area contributed by atoms with Crippen molar-refractivity contribution in [3.05, 3.63) is 89.4 Å². The van der Waals surface area contributed by atoms with Crippen molar-refractivity contribution in [1.29, 1.82) is 0 Å². The summed E-state index contributed by atoms with van der Waals surface area (Å²) >= 11 is 0. The zero-order chi connectivity index (χ0) is 36.5. The van der Waals surface area contributed by atoms with Gasteiger partial charge < -0.3 is 14.2 Å². The Kier molecular flexibility index (Phi) is 22.6. The van der Waals surface area contributed by atoms with E-state index in [0.717, 1.165) is 32.1 Å². The molecule has 2 aromatic carbocycles. The monoisotopic (exact) mass is 710 g/mol. The maximum absolute atomic E-state index is 11.8. The molecule has 0 radical (unpaired) electrons. The Morgan fingerprint density at radius 1 is 0.880 bits per heavy atom. The molecule has 0 saturated carbocycles. The number of unbranched alkanes of at least 4 members (excludes halogenated alkanes) is 12. The average Bonchev–Trinajstić information content (AvgIpc) is 3.46. The van der Waals surface area contributed by atoms with Gasteiger partial charge in [-0.25, -0.2) is 18.1 Å². The second-order valence-corrected chi connectivity index (χ2v) is 15.6. The molecule has 1 N–H and O–H groups in total. The van der Waals surface area contributed by atoms with E-state index in [0.29, 0.717) is 29.3 Å². The first-order valence-electron chi connectivity index (χ1n) is 19.2. The quantitative estimate of drug-likeness (QED) is 0.0508. The molecule has 50 heavy (non-hydrogen) atoms. The van der Waals surface area contributed by atoms with Gasteiger partial charge in [-0.3, -0.25) is 0 Å². The molecule has 3 rings (SSSR count). The van der Waals surface area contributed by atoms with Crippen LogP contribution in [0.25, 0.3) is 6.08 Å². The summed E-state index contributed by atoms with van der Waals surface area (Å²) in [6.07, 6.45) is 22.7. The minimum Gasteiger partial charge on any atom is -0.744 e. The zero-order valence-corrected chi connectivity index (χ0v) is 32.1. The molecule has 1 heterocycles. The van der Waals surface area contributed by atoms with Gasteiger partial charge in [0.25, 0.3) is 0 Å². The van der Waals surface area contributed by atoms with Crippen molar-refractivity contribution in [3.8, 4) is 0 Å². The molecule has 0 spiro atoms. The molecule has 8 heteroatoms. The SMILES string of the molecule is C=C(C)C(=O)OCC[NH+]1CCN(Cc2ccccc2)C1CCCCCCCCCCCCCCCC(C)C.O=S(=O)([O-])C=Cc1ccccc1. The van der Waals surface area contributed by atoms with Gasteiger partial charge in [-0.05, 0) is 36.5 Å². The van der Waals surface area contributed by atoms with E-state index in [9.17, 15) is 17.8 Å². The number of nitrogens with zero attached hydrogens (tertiary/aromatic N) is 1. The van der Waals surface area contributed by atoms with Gasteiger partial charge in [0.1, 0.15) is 29.4 Å². The van der Waals surface area contributed by atoms with Crippen molar-refractivity contribution in [2.45, 2.75) is 130 Å². The van der Waals surface area contributed by atoms with Crippen molar-refractivity contribution in [1.82, 2.24) is 4.90 Å². The van der Waals surface area contributed by atoms with Crippen LogP contribution in [0.5, 0.6) is 0 Å². The molecule has 1 aliphatic rings. The highest BCUT2D eigenvalue weighted by Gasteiger charge is 2.35. The summed E-state index contributed by atoms with van der Waals surface area (Å²) in [5, 5.41) is 0.641. The summed E-state index contributed by atoms with van der Waals surface area (Å²) in [5.41, 5.74) is 2.56. The third-order valence-corrected chi connectivity index (χ3v) is 9.82. The number of carbonyl (C=O) groups excluding carboxylic acids is 1. The molecule has 280 valence electrons. The van der Waals surface area contributed by atoms with E-state index in [1.54, 1.807) is 36.1 Å². The van der Waals surface area contributed by atoms with Gasteiger partial charge in [-0.2, -0.15) is 0 Å². The number of nitrogens with one attached hydrogen (secondary N) is 1. The largest absolute Gasteiger partial charge is 0.744 e. The van der Waals surface area contributed by atoms with Gasteiger partial charge in [-0.1, -0.05) is 165 Å². The van der Waals surface area contributed by atoms with Crippen LogP contribution in [0.15, 0.2) is 78.2 Å². The highest BCUT2D eigenvalue weighted by molar-refractivity contribution is 7.88. The Morgan fingerprint density at radius 2 is 1.40 bits per heavy atom. The van der Waals surface area contributed by atoms with E-state index in [-0.39, 0.29) is 5.97 Å². The molecule has 0 aliphatic carbocycles. The van der Waals surface area contributed by atoms with E-state index >= 15 is 0 Å². The number of rotatable bonds is 24. The Morgan fingerprint density at radius 3 is 1.92 bits per heavy atom. The minimum absolute atomic E-state index is 0.265. The Bertz CT molecular complexity index is 1310. The first-order chi connectivity index (χ1) is 24.0. The molecule has 2 unspecified atom stereocenters. The lowest BCUT2D eigenvalue weighted by molar-refractivity contribution is -0.919. The van der Waals surface area contributed by atoms with Crippen LogP contribution in [0.4, 0.5) is 0 Å². The van der Waals surface area contributed by atoms with Crippen LogP contribution in [0, 0.1) is 5.92 Å².